The zero-order valence-corrected chi connectivity index (χ0v) is 19.4. The van der Waals surface area contributed by atoms with E-state index in [9.17, 15) is 44.8 Å². The van der Waals surface area contributed by atoms with E-state index in [0.29, 0.717) is 31.2 Å². The molecule has 1 fully saturated rings. The fourth-order valence-corrected chi connectivity index (χ4v) is 4.88. The van der Waals surface area contributed by atoms with Crippen LogP contribution in [0.1, 0.15) is 36.9 Å². The zero-order chi connectivity index (χ0) is 27.0. The first-order valence-electron chi connectivity index (χ1n) is 10.4. The van der Waals surface area contributed by atoms with Crippen LogP contribution in [0.2, 0.25) is 0 Å². The molecule has 1 aromatic heterocycles. The van der Waals surface area contributed by atoms with E-state index in [1.807, 2.05) is 0 Å². The van der Waals surface area contributed by atoms with Crippen molar-refractivity contribution in [2.75, 3.05) is 0 Å². The molecular weight excluding hydrogens is 514 g/mol. The van der Waals surface area contributed by atoms with Crippen molar-refractivity contribution in [2.24, 2.45) is 0 Å². The molecule has 1 heterocycles. The minimum atomic E-state index is -6.17. The Hall–Kier alpha value is -3.18. The fourth-order valence-electron chi connectivity index (χ4n) is 3.35. The summed E-state index contributed by atoms with van der Waals surface area (Å²) in [5.74, 6) is -8.98. The van der Waals surface area contributed by atoms with Gasteiger partial charge in [-0.25, -0.2) is 12.8 Å². The Morgan fingerprint density at radius 3 is 2.25 bits per heavy atom. The number of carbonyl (C=O) groups excluding carboxylic acids is 1. The molecular formula is C22H20F6N4O3S. The van der Waals surface area contributed by atoms with Crippen molar-refractivity contribution in [1.29, 1.82) is 5.26 Å². The Kier molecular flexibility index (Phi) is 7.13. The quantitative estimate of drug-likeness (QED) is 0.476. The summed E-state index contributed by atoms with van der Waals surface area (Å²) in [6.45, 7) is 0.643. The summed E-state index contributed by atoms with van der Waals surface area (Å²) in [6.07, 6.45) is -3.47. The summed E-state index contributed by atoms with van der Waals surface area (Å²) >= 11 is 0. The van der Waals surface area contributed by atoms with Crippen LogP contribution in [0.25, 0.3) is 0 Å². The highest BCUT2D eigenvalue weighted by Gasteiger charge is 2.65. The number of hydrogen-bond donors (Lipinski definition) is 2. The van der Waals surface area contributed by atoms with Gasteiger partial charge in [0.25, 0.3) is 5.91 Å². The van der Waals surface area contributed by atoms with E-state index >= 15 is 0 Å². The van der Waals surface area contributed by atoms with Gasteiger partial charge in [-0.15, -0.1) is 0 Å². The van der Waals surface area contributed by atoms with Crippen molar-refractivity contribution >= 4 is 15.7 Å². The lowest BCUT2D eigenvalue weighted by molar-refractivity contribution is -0.295. The smallest absolute Gasteiger partial charge is 0.335 e. The average Bonchev–Trinajstić information content (AvgIpc) is 3.57. The molecule has 0 bridgehead atoms. The lowest BCUT2D eigenvalue weighted by atomic mass is 9.98. The number of benzene rings is 1. The fraction of sp³-hybridized carbons (Fsp3) is 0.409. The van der Waals surface area contributed by atoms with Crippen molar-refractivity contribution in [3.05, 3.63) is 65.7 Å². The number of carbonyl (C=O) groups is 1. The monoisotopic (exact) mass is 534 g/mol. The highest BCUT2D eigenvalue weighted by molar-refractivity contribution is 7.92. The van der Waals surface area contributed by atoms with Gasteiger partial charge in [-0.2, -0.15) is 27.2 Å². The van der Waals surface area contributed by atoms with Gasteiger partial charge in [-0.1, -0.05) is 18.2 Å². The number of alkyl halides is 5. The van der Waals surface area contributed by atoms with Gasteiger partial charge in [-0.3, -0.25) is 15.1 Å². The van der Waals surface area contributed by atoms with Crippen LogP contribution in [0.4, 0.5) is 26.3 Å². The molecule has 0 saturated heterocycles. The molecule has 2 aromatic rings. The van der Waals surface area contributed by atoms with Gasteiger partial charge in [0, 0.05) is 12.4 Å². The second-order valence-corrected chi connectivity index (χ2v) is 10.9. The Morgan fingerprint density at radius 1 is 1.17 bits per heavy atom. The van der Waals surface area contributed by atoms with Gasteiger partial charge in [0.05, 0.1) is 11.8 Å². The predicted octanol–water partition coefficient (Wildman–Crippen LogP) is 3.55. The van der Waals surface area contributed by atoms with Gasteiger partial charge in [0.2, 0.25) is 0 Å². The zero-order valence-electron chi connectivity index (χ0n) is 18.6. The third-order valence-electron chi connectivity index (χ3n) is 5.82. The van der Waals surface area contributed by atoms with E-state index < -0.39 is 61.4 Å². The number of pyridine rings is 1. The first kappa shape index (κ1) is 27.4. The standard InChI is InChI=1S/C22H20F6N4O3S/c1-19(18(33)32-20(13-29)8-9-20,36(34,35)12-14-3-2-10-30-11-14)31-17(21(24,25)22(26,27)28)15-4-6-16(23)7-5-15/h2-7,10-11,17,31H,8-9,12H2,1H3,(H,32,33)/t17-,19+/m0/s1. The van der Waals surface area contributed by atoms with Crippen molar-refractivity contribution < 1.29 is 39.6 Å². The minimum Gasteiger partial charge on any atom is -0.335 e. The second-order valence-electron chi connectivity index (χ2n) is 8.55. The SMILES string of the molecule is C[C@](N[C@@H](c1ccc(F)cc1)C(F)(F)C(F)(F)F)(C(=O)NC1(C#N)CC1)S(=O)(=O)Cc1cccnc1. The number of nitriles is 1. The van der Waals surface area contributed by atoms with E-state index in [-0.39, 0.29) is 18.4 Å². The van der Waals surface area contributed by atoms with Gasteiger partial charge < -0.3 is 5.32 Å². The van der Waals surface area contributed by atoms with Gasteiger partial charge >= 0.3 is 12.1 Å². The minimum absolute atomic E-state index is 0.0284. The number of amides is 1. The molecule has 1 aliphatic rings. The average molecular weight is 534 g/mol. The topological polar surface area (TPSA) is 112 Å². The number of nitrogens with one attached hydrogen (secondary N) is 2. The Bertz CT molecular complexity index is 1260. The summed E-state index contributed by atoms with van der Waals surface area (Å²) in [4.78, 5) is 13.9. The normalized spacial score (nSPS) is 17.9. The Morgan fingerprint density at radius 2 is 1.78 bits per heavy atom. The molecule has 7 nitrogen and oxygen atoms in total. The molecule has 0 spiro atoms. The first-order chi connectivity index (χ1) is 16.6. The van der Waals surface area contributed by atoms with E-state index in [2.05, 4.69) is 10.3 Å². The van der Waals surface area contributed by atoms with Crippen LogP contribution in [-0.4, -0.2) is 41.8 Å². The number of sulfone groups is 1. The van der Waals surface area contributed by atoms with E-state index in [4.69, 9.17) is 0 Å². The number of rotatable bonds is 9. The van der Waals surface area contributed by atoms with Crippen LogP contribution in [0, 0.1) is 17.1 Å². The van der Waals surface area contributed by atoms with E-state index in [1.54, 1.807) is 11.4 Å². The molecule has 0 aliphatic heterocycles. The van der Waals surface area contributed by atoms with Crippen LogP contribution < -0.4 is 10.6 Å². The van der Waals surface area contributed by atoms with Crippen LogP contribution in [-0.2, 0) is 20.4 Å². The summed E-state index contributed by atoms with van der Waals surface area (Å²) in [6, 6.07) is 3.80. The molecule has 2 N–H and O–H groups in total. The summed E-state index contributed by atoms with van der Waals surface area (Å²) in [7, 11) is -4.89. The maximum Gasteiger partial charge on any atom is 0.455 e. The third kappa shape index (κ3) is 5.31. The largest absolute Gasteiger partial charge is 0.455 e. The molecule has 2 atom stereocenters. The van der Waals surface area contributed by atoms with E-state index in [1.165, 1.54) is 18.3 Å². The van der Waals surface area contributed by atoms with Crippen molar-refractivity contribution in [1.82, 2.24) is 15.6 Å². The highest BCUT2D eigenvalue weighted by atomic mass is 32.2. The number of halogens is 6. The molecule has 1 amide bonds. The second kappa shape index (κ2) is 9.36. The highest BCUT2D eigenvalue weighted by Crippen LogP contribution is 2.46. The van der Waals surface area contributed by atoms with Gasteiger partial charge in [-0.05, 0) is 49.1 Å². The number of nitrogens with zero attached hydrogens (tertiary/aromatic N) is 2. The van der Waals surface area contributed by atoms with Crippen LogP contribution in [0.5, 0.6) is 0 Å². The molecule has 0 radical (unpaired) electrons. The van der Waals surface area contributed by atoms with E-state index in [0.717, 1.165) is 6.20 Å². The van der Waals surface area contributed by atoms with Crippen molar-refractivity contribution in [2.45, 2.75) is 54.1 Å². The summed E-state index contributed by atoms with van der Waals surface area (Å²) in [5.41, 5.74) is -2.27. The molecule has 0 unspecified atom stereocenters. The summed E-state index contributed by atoms with van der Waals surface area (Å²) in [5, 5.41) is 13.2. The molecule has 1 aromatic carbocycles. The lowest BCUT2D eigenvalue weighted by Crippen LogP contribution is -2.65. The number of hydrogen-bond acceptors (Lipinski definition) is 6. The summed E-state index contributed by atoms with van der Waals surface area (Å²) < 4.78 is 110. The van der Waals surface area contributed by atoms with Crippen LogP contribution in [0.15, 0.2) is 48.8 Å². The van der Waals surface area contributed by atoms with Crippen molar-refractivity contribution in [3.8, 4) is 6.07 Å². The predicted molar refractivity (Wildman–Crippen MR) is 114 cm³/mol. The maximum absolute atomic E-state index is 14.7. The number of aromatic nitrogens is 1. The molecule has 3 rings (SSSR count). The Balaban J connectivity index is 2.14. The van der Waals surface area contributed by atoms with Gasteiger partial charge in [0.15, 0.2) is 14.7 Å². The molecule has 1 saturated carbocycles. The van der Waals surface area contributed by atoms with Crippen molar-refractivity contribution in [3.63, 3.8) is 0 Å². The molecule has 14 heteroatoms. The first-order valence-corrected chi connectivity index (χ1v) is 12.0. The Labute approximate surface area is 202 Å². The molecule has 1 aliphatic carbocycles. The van der Waals surface area contributed by atoms with Crippen LogP contribution >= 0.6 is 0 Å². The van der Waals surface area contributed by atoms with Gasteiger partial charge in [0.1, 0.15) is 17.4 Å². The maximum atomic E-state index is 14.7. The molecule has 36 heavy (non-hydrogen) atoms. The van der Waals surface area contributed by atoms with Crippen LogP contribution in [0.3, 0.4) is 0 Å². The molecule has 194 valence electrons. The lowest BCUT2D eigenvalue weighted by Gasteiger charge is -2.37. The third-order valence-corrected chi connectivity index (χ3v) is 8.08.